The number of aromatic amines is 2. The van der Waals surface area contributed by atoms with Gasteiger partial charge in [0.05, 0.1) is 5.02 Å². The Morgan fingerprint density at radius 3 is 2.37 bits per heavy atom. The van der Waals surface area contributed by atoms with Gasteiger partial charge in [0.2, 0.25) is 0 Å². The van der Waals surface area contributed by atoms with E-state index in [9.17, 15) is 4.79 Å². The molecule has 136 valence electrons. The van der Waals surface area contributed by atoms with Crippen molar-refractivity contribution in [3.63, 3.8) is 0 Å². The Morgan fingerprint density at radius 1 is 0.963 bits per heavy atom. The third-order valence-electron chi connectivity index (χ3n) is 5.70. The largest absolute Gasteiger partial charge is 0.361 e. The molecular weight excluding hydrogens is 358 g/mol. The van der Waals surface area contributed by atoms with Crippen LogP contribution in [0.2, 0.25) is 5.02 Å². The molecule has 4 aromatic rings. The van der Waals surface area contributed by atoms with Crippen LogP contribution >= 0.6 is 11.6 Å². The zero-order chi connectivity index (χ0) is 18.4. The highest BCUT2D eigenvalue weighted by Gasteiger charge is 2.28. The van der Waals surface area contributed by atoms with Crippen molar-refractivity contribution in [2.24, 2.45) is 0 Å². The molecule has 0 saturated carbocycles. The van der Waals surface area contributed by atoms with Crippen LogP contribution in [0.4, 0.5) is 0 Å². The highest BCUT2D eigenvalue weighted by atomic mass is 35.5. The molecule has 3 heterocycles. The number of rotatable bonds is 2. The van der Waals surface area contributed by atoms with E-state index in [0.29, 0.717) is 16.6 Å². The highest BCUT2D eigenvalue weighted by molar-refractivity contribution is 6.38. The number of fused-ring (bicyclic) bond motifs is 2. The number of H-pyrrole nitrogens is 2. The number of hydrogen-bond donors (Lipinski definition) is 2. The van der Waals surface area contributed by atoms with Gasteiger partial charge < -0.3 is 14.9 Å². The van der Waals surface area contributed by atoms with Crippen molar-refractivity contribution in [3.8, 4) is 0 Å². The molecule has 0 spiro atoms. The minimum atomic E-state index is -0.00595. The van der Waals surface area contributed by atoms with Crippen molar-refractivity contribution in [1.29, 1.82) is 0 Å². The number of piperidine rings is 1. The lowest BCUT2D eigenvalue weighted by Crippen LogP contribution is -2.38. The van der Waals surface area contributed by atoms with Gasteiger partial charge in [0, 0.05) is 41.1 Å². The van der Waals surface area contributed by atoms with Gasteiger partial charge in [-0.05, 0) is 36.5 Å². The number of likely N-dealkylation sites (tertiary alicyclic amines) is 1. The molecule has 1 fully saturated rings. The summed E-state index contributed by atoms with van der Waals surface area (Å²) >= 11 is 6.46. The highest BCUT2D eigenvalue weighted by Crippen LogP contribution is 2.34. The number of hydrogen-bond acceptors (Lipinski definition) is 1. The Kier molecular flexibility index (Phi) is 3.94. The van der Waals surface area contributed by atoms with Gasteiger partial charge in [0.1, 0.15) is 5.69 Å². The van der Waals surface area contributed by atoms with E-state index in [4.69, 9.17) is 11.6 Å². The average molecular weight is 378 g/mol. The first-order chi connectivity index (χ1) is 13.2. The fourth-order valence-corrected chi connectivity index (χ4v) is 4.53. The van der Waals surface area contributed by atoms with Crippen LogP contribution in [-0.4, -0.2) is 33.9 Å². The molecule has 27 heavy (non-hydrogen) atoms. The van der Waals surface area contributed by atoms with Gasteiger partial charge in [-0.25, -0.2) is 0 Å². The number of aromatic nitrogens is 2. The molecule has 0 radical (unpaired) electrons. The van der Waals surface area contributed by atoms with Crippen molar-refractivity contribution in [1.82, 2.24) is 14.9 Å². The Hall–Kier alpha value is -2.72. The second-order valence-corrected chi connectivity index (χ2v) is 7.59. The standard InChI is InChI=1S/C22H20ClN3O/c23-20-16-6-2-4-8-19(16)25-21(20)22(27)26-11-9-14(10-12-26)17-13-24-18-7-3-1-5-15(17)18/h1-8,13-14,24-25H,9-12H2. The predicted octanol–water partition coefficient (Wildman–Crippen LogP) is 5.32. The van der Waals surface area contributed by atoms with E-state index in [1.165, 1.54) is 16.5 Å². The molecular formula is C22H20ClN3O. The van der Waals surface area contributed by atoms with Gasteiger partial charge >= 0.3 is 0 Å². The summed E-state index contributed by atoms with van der Waals surface area (Å²) in [4.78, 5) is 21.5. The molecule has 2 aromatic heterocycles. The van der Waals surface area contributed by atoms with Crippen LogP contribution in [0.3, 0.4) is 0 Å². The molecule has 0 aliphatic carbocycles. The van der Waals surface area contributed by atoms with E-state index in [1.807, 2.05) is 35.2 Å². The summed E-state index contributed by atoms with van der Waals surface area (Å²) in [6.07, 6.45) is 4.05. The molecule has 2 aromatic carbocycles. The maximum Gasteiger partial charge on any atom is 0.271 e. The number of carbonyl (C=O) groups is 1. The Labute approximate surface area is 162 Å². The lowest BCUT2D eigenvalue weighted by atomic mass is 9.89. The van der Waals surface area contributed by atoms with E-state index in [2.05, 4.69) is 34.4 Å². The smallest absolute Gasteiger partial charge is 0.271 e. The quantitative estimate of drug-likeness (QED) is 0.488. The SMILES string of the molecule is O=C(c1[nH]c2ccccc2c1Cl)N1CCC(c2c[nH]c3ccccc23)CC1. The zero-order valence-electron chi connectivity index (χ0n) is 14.8. The first-order valence-electron chi connectivity index (χ1n) is 9.34. The molecule has 5 rings (SSSR count). The van der Waals surface area contributed by atoms with E-state index < -0.39 is 0 Å². The number of nitrogens with one attached hydrogen (secondary N) is 2. The Balaban J connectivity index is 1.35. The van der Waals surface area contributed by atoms with Gasteiger partial charge in [-0.3, -0.25) is 4.79 Å². The van der Waals surface area contributed by atoms with Crippen LogP contribution in [0.5, 0.6) is 0 Å². The molecule has 4 nitrogen and oxygen atoms in total. The van der Waals surface area contributed by atoms with E-state index in [0.717, 1.165) is 36.8 Å². The normalized spacial score (nSPS) is 15.7. The van der Waals surface area contributed by atoms with Crippen LogP contribution in [0.25, 0.3) is 21.8 Å². The van der Waals surface area contributed by atoms with Crippen LogP contribution < -0.4 is 0 Å². The maximum atomic E-state index is 13.0. The molecule has 5 heteroatoms. The van der Waals surface area contributed by atoms with E-state index in [1.54, 1.807) is 0 Å². The predicted molar refractivity (Wildman–Crippen MR) is 109 cm³/mol. The number of amides is 1. The van der Waals surface area contributed by atoms with Crippen molar-refractivity contribution >= 4 is 39.3 Å². The number of nitrogens with zero attached hydrogens (tertiary/aromatic N) is 1. The number of halogens is 1. The summed E-state index contributed by atoms with van der Waals surface area (Å²) in [7, 11) is 0. The minimum absolute atomic E-state index is 0.00595. The topological polar surface area (TPSA) is 51.9 Å². The summed E-state index contributed by atoms with van der Waals surface area (Å²) in [6, 6.07) is 16.2. The van der Waals surface area contributed by atoms with Gasteiger partial charge in [0.15, 0.2) is 0 Å². The van der Waals surface area contributed by atoms with E-state index >= 15 is 0 Å². The molecule has 1 aliphatic heterocycles. The first kappa shape index (κ1) is 16.5. The summed E-state index contributed by atoms with van der Waals surface area (Å²) in [5, 5.41) is 2.71. The first-order valence-corrected chi connectivity index (χ1v) is 9.71. The monoisotopic (exact) mass is 377 g/mol. The lowest BCUT2D eigenvalue weighted by Gasteiger charge is -2.31. The molecule has 2 N–H and O–H groups in total. The second kappa shape index (κ2) is 6.46. The third-order valence-corrected chi connectivity index (χ3v) is 6.09. The van der Waals surface area contributed by atoms with Crippen molar-refractivity contribution in [3.05, 3.63) is 71.0 Å². The maximum absolute atomic E-state index is 13.0. The Bertz CT molecular complexity index is 1130. The van der Waals surface area contributed by atoms with Crippen LogP contribution in [-0.2, 0) is 0 Å². The summed E-state index contributed by atoms with van der Waals surface area (Å²) < 4.78 is 0. The number of carbonyl (C=O) groups excluding carboxylic acids is 1. The van der Waals surface area contributed by atoms with Gasteiger partial charge in [-0.2, -0.15) is 0 Å². The summed E-state index contributed by atoms with van der Waals surface area (Å²) in [5.74, 6) is 0.469. The average Bonchev–Trinajstić information content (AvgIpc) is 3.29. The van der Waals surface area contributed by atoms with Gasteiger partial charge in [-0.15, -0.1) is 0 Å². The van der Waals surface area contributed by atoms with Crippen LogP contribution in [0, 0.1) is 0 Å². The molecule has 0 unspecified atom stereocenters. The van der Waals surface area contributed by atoms with Crippen LogP contribution in [0.1, 0.15) is 34.8 Å². The van der Waals surface area contributed by atoms with Crippen molar-refractivity contribution in [2.75, 3.05) is 13.1 Å². The molecule has 1 amide bonds. The zero-order valence-corrected chi connectivity index (χ0v) is 15.6. The summed E-state index contributed by atoms with van der Waals surface area (Å²) in [6.45, 7) is 1.49. The molecule has 1 saturated heterocycles. The van der Waals surface area contributed by atoms with E-state index in [-0.39, 0.29) is 5.91 Å². The van der Waals surface area contributed by atoms with Crippen molar-refractivity contribution in [2.45, 2.75) is 18.8 Å². The fraction of sp³-hybridized carbons (Fsp3) is 0.227. The fourth-order valence-electron chi connectivity index (χ4n) is 4.24. The second-order valence-electron chi connectivity index (χ2n) is 7.22. The minimum Gasteiger partial charge on any atom is -0.361 e. The van der Waals surface area contributed by atoms with Crippen molar-refractivity contribution < 1.29 is 4.79 Å². The molecule has 0 atom stereocenters. The Morgan fingerprint density at radius 2 is 1.63 bits per heavy atom. The third kappa shape index (κ3) is 2.72. The van der Waals surface area contributed by atoms with Crippen LogP contribution in [0.15, 0.2) is 54.7 Å². The molecule has 1 aliphatic rings. The van der Waals surface area contributed by atoms with Gasteiger partial charge in [-0.1, -0.05) is 48.0 Å². The molecule has 0 bridgehead atoms. The number of para-hydroxylation sites is 2. The van der Waals surface area contributed by atoms with Gasteiger partial charge in [0.25, 0.3) is 5.91 Å². The number of benzene rings is 2. The lowest BCUT2D eigenvalue weighted by molar-refractivity contribution is 0.0708. The summed E-state index contributed by atoms with van der Waals surface area (Å²) in [5.41, 5.74) is 3.94.